The van der Waals surface area contributed by atoms with E-state index in [9.17, 15) is 4.79 Å². The highest BCUT2D eigenvalue weighted by Gasteiger charge is 2.18. The maximum atomic E-state index is 11.6. The second-order valence-electron chi connectivity index (χ2n) is 4.37. The summed E-state index contributed by atoms with van der Waals surface area (Å²) in [6.07, 6.45) is 3.08. The van der Waals surface area contributed by atoms with Gasteiger partial charge in [0, 0.05) is 18.8 Å². The third-order valence-electron chi connectivity index (χ3n) is 3.01. The Labute approximate surface area is 113 Å². The highest BCUT2D eigenvalue weighted by molar-refractivity contribution is 7.99. The van der Waals surface area contributed by atoms with Crippen LogP contribution in [0.25, 0.3) is 0 Å². The van der Waals surface area contributed by atoms with Crippen molar-refractivity contribution in [2.24, 2.45) is 0 Å². The normalized spacial score (nSPS) is 14.8. The van der Waals surface area contributed by atoms with Crippen molar-refractivity contribution in [2.45, 2.75) is 19.3 Å². The number of thioether (sulfide) groups is 1. The monoisotopic (exact) mass is 265 g/mol. The molecule has 0 aromatic heterocycles. The van der Waals surface area contributed by atoms with Crippen LogP contribution in [-0.2, 0) is 11.2 Å². The van der Waals surface area contributed by atoms with Crippen molar-refractivity contribution in [3.63, 3.8) is 0 Å². The Kier molecular flexibility index (Phi) is 5.39. The predicted molar refractivity (Wildman–Crippen MR) is 74.8 cm³/mol. The van der Waals surface area contributed by atoms with Crippen LogP contribution in [0.1, 0.15) is 18.4 Å². The topological polar surface area (TPSA) is 29.5 Å². The standard InChI is InChI=1S/C14H19NO2S/c16-14(15-9-4-5-10-15)17-12-18-11-8-13-6-2-1-3-7-13/h1-3,6-7H,4-5,8-12H2. The SMILES string of the molecule is O=C(OCSCCc1ccccc1)N1CCCC1. The van der Waals surface area contributed by atoms with E-state index in [1.54, 1.807) is 16.7 Å². The van der Waals surface area contributed by atoms with Gasteiger partial charge in [-0.3, -0.25) is 0 Å². The molecule has 18 heavy (non-hydrogen) atoms. The van der Waals surface area contributed by atoms with Crippen LogP contribution in [0.15, 0.2) is 30.3 Å². The summed E-state index contributed by atoms with van der Waals surface area (Å²) < 4.78 is 5.21. The molecule has 0 bridgehead atoms. The summed E-state index contributed by atoms with van der Waals surface area (Å²) in [5.74, 6) is 1.44. The second-order valence-corrected chi connectivity index (χ2v) is 5.42. The Morgan fingerprint density at radius 1 is 1.22 bits per heavy atom. The summed E-state index contributed by atoms with van der Waals surface area (Å²) >= 11 is 1.67. The summed E-state index contributed by atoms with van der Waals surface area (Å²) in [5, 5.41) is 0. The lowest BCUT2D eigenvalue weighted by Crippen LogP contribution is -2.28. The minimum absolute atomic E-state index is 0.153. The largest absolute Gasteiger partial charge is 0.438 e. The first kappa shape index (κ1) is 13.3. The Morgan fingerprint density at radius 3 is 2.67 bits per heavy atom. The molecular formula is C14H19NO2S. The lowest BCUT2D eigenvalue weighted by molar-refractivity contribution is 0.128. The van der Waals surface area contributed by atoms with E-state index in [0.717, 1.165) is 38.1 Å². The molecule has 2 rings (SSSR count). The number of carbonyl (C=O) groups is 1. The molecule has 3 nitrogen and oxygen atoms in total. The number of benzene rings is 1. The molecule has 4 heteroatoms. The fraction of sp³-hybridized carbons (Fsp3) is 0.500. The van der Waals surface area contributed by atoms with E-state index < -0.39 is 0 Å². The molecule has 1 amide bonds. The Hall–Kier alpha value is -1.16. The first-order chi connectivity index (χ1) is 8.86. The van der Waals surface area contributed by atoms with E-state index in [-0.39, 0.29) is 6.09 Å². The van der Waals surface area contributed by atoms with Gasteiger partial charge in [-0.1, -0.05) is 30.3 Å². The van der Waals surface area contributed by atoms with Gasteiger partial charge in [-0.2, -0.15) is 0 Å². The van der Waals surface area contributed by atoms with E-state index in [0.29, 0.717) is 5.94 Å². The molecule has 0 unspecified atom stereocenters. The fourth-order valence-corrected chi connectivity index (χ4v) is 2.66. The zero-order valence-corrected chi connectivity index (χ0v) is 11.3. The number of likely N-dealkylation sites (tertiary alicyclic amines) is 1. The van der Waals surface area contributed by atoms with Gasteiger partial charge in [-0.25, -0.2) is 4.79 Å². The van der Waals surface area contributed by atoms with Crippen LogP contribution in [0.2, 0.25) is 0 Å². The van der Waals surface area contributed by atoms with Crippen LogP contribution >= 0.6 is 11.8 Å². The van der Waals surface area contributed by atoms with E-state index in [4.69, 9.17) is 4.74 Å². The lowest BCUT2D eigenvalue weighted by atomic mass is 10.2. The Morgan fingerprint density at radius 2 is 1.94 bits per heavy atom. The van der Waals surface area contributed by atoms with Crippen molar-refractivity contribution in [3.05, 3.63) is 35.9 Å². The summed E-state index contributed by atoms with van der Waals surface area (Å²) in [5.41, 5.74) is 1.33. The molecule has 0 aliphatic carbocycles. The van der Waals surface area contributed by atoms with Crippen molar-refractivity contribution in [2.75, 3.05) is 24.8 Å². The van der Waals surface area contributed by atoms with Gasteiger partial charge in [-0.05, 0) is 24.8 Å². The summed E-state index contributed by atoms with van der Waals surface area (Å²) in [6.45, 7) is 1.71. The average molecular weight is 265 g/mol. The number of hydrogen-bond acceptors (Lipinski definition) is 3. The smallest absolute Gasteiger partial charge is 0.410 e. The van der Waals surface area contributed by atoms with Crippen LogP contribution in [-0.4, -0.2) is 35.8 Å². The van der Waals surface area contributed by atoms with Gasteiger partial charge >= 0.3 is 6.09 Å². The molecule has 1 aliphatic rings. The molecule has 1 saturated heterocycles. The molecule has 0 spiro atoms. The lowest BCUT2D eigenvalue weighted by Gasteiger charge is -2.14. The van der Waals surface area contributed by atoms with Crippen LogP contribution in [0, 0.1) is 0 Å². The summed E-state index contributed by atoms with van der Waals surface area (Å²) in [4.78, 5) is 13.4. The van der Waals surface area contributed by atoms with Gasteiger partial charge in [0.05, 0.1) is 0 Å². The van der Waals surface area contributed by atoms with Crippen molar-refractivity contribution in [3.8, 4) is 0 Å². The molecule has 1 aliphatic heterocycles. The van der Waals surface area contributed by atoms with Crippen LogP contribution in [0.4, 0.5) is 4.79 Å². The number of ether oxygens (including phenoxy) is 1. The van der Waals surface area contributed by atoms with Crippen molar-refractivity contribution in [1.29, 1.82) is 0 Å². The van der Waals surface area contributed by atoms with E-state index >= 15 is 0 Å². The third kappa shape index (κ3) is 4.26. The molecule has 1 aromatic carbocycles. The quantitative estimate of drug-likeness (QED) is 0.605. The number of rotatable bonds is 5. The van der Waals surface area contributed by atoms with Gasteiger partial charge in [-0.15, -0.1) is 11.8 Å². The Bertz CT molecular complexity index is 363. The molecule has 1 fully saturated rings. The zero-order valence-electron chi connectivity index (χ0n) is 10.5. The number of nitrogens with zero attached hydrogens (tertiary/aromatic N) is 1. The van der Waals surface area contributed by atoms with Gasteiger partial charge in [0.25, 0.3) is 0 Å². The van der Waals surface area contributed by atoms with E-state index in [1.807, 2.05) is 18.2 Å². The van der Waals surface area contributed by atoms with E-state index in [1.165, 1.54) is 5.56 Å². The van der Waals surface area contributed by atoms with Crippen LogP contribution < -0.4 is 0 Å². The van der Waals surface area contributed by atoms with Gasteiger partial charge in [0.1, 0.15) is 5.94 Å². The Balaban J connectivity index is 1.54. The van der Waals surface area contributed by atoms with E-state index in [2.05, 4.69) is 12.1 Å². The molecule has 0 atom stereocenters. The molecule has 0 N–H and O–H groups in total. The highest BCUT2D eigenvalue weighted by atomic mass is 32.2. The molecule has 1 aromatic rings. The van der Waals surface area contributed by atoms with Crippen LogP contribution in [0.5, 0.6) is 0 Å². The number of carbonyl (C=O) groups excluding carboxylic acids is 1. The zero-order chi connectivity index (χ0) is 12.6. The number of amides is 1. The average Bonchev–Trinajstić information content (AvgIpc) is 2.93. The van der Waals surface area contributed by atoms with Crippen molar-refractivity contribution >= 4 is 17.9 Å². The van der Waals surface area contributed by atoms with Crippen molar-refractivity contribution in [1.82, 2.24) is 4.90 Å². The summed E-state index contributed by atoms with van der Waals surface area (Å²) in [7, 11) is 0. The first-order valence-corrected chi connectivity index (χ1v) is 7.55. The number of aryl methyl sites for hydroxylation is 1. The maximum absolute atomic E-state index is 11.6. The van der Waals surface area contributed by atoms with Gasteiger partial charge in [0.15, 0.2) is 0 Å². The van der Waals surface area contributed by atoms with Gasteiger partial charge in [0.2, 0.25) is 0 Å². The van der Waals surface area contributed by atoms with Crippen LogP contribution in [0.3, 0.4) is 0 Å². The molecule has 1 heterocycles. The predicted octanol–water partition coefficient (Wildman–Crippen LogP) is 3.15. The molecule has 98 valence electrons. The minimum atomic E-state index is -0.153. The summed E-state index contributed by atoms with van der Waals surface area (Å²) in [6, 6.07) is 10.4. The minimum Gasteiger partial charge on any atom is -0.438 e. The number of hydrogen-bond donors (Lipinski definition) is 0. The highest BCUT2D eigenvalue weighted by Crippen LogP contribution is 2.11. The molecular weight excluding hydrogens is 246 g/mol. The molecule has 0 saturated carbocycles. The third-order valence-corrected chi connectivity index (χ3v) is 3.79. The molecule has 0 radical (unpaired) electrons. The van der Waals surface area contributed by atoms with Crippen molar-refractivity contribution < 1.29 is 9.53 Å². The van der Waals surface area contributed by atoms with Gasteiger partial charge < -0.3 is 9.64 Å². The maximum Gasteiger partial charge on any atom is 0.410 e. The first-order valence-electron chi connectivity index (χ1n) is 6.39. The fourth-order valence-electron chi connectivity index (χ4n) is 1.98. The second kappa shape index (κ2) is 7.31.